The van der Waals surface area contributed by atoms with Gasteiger partial charge in [-0.2, -0.15) is 0 Å². The minimum atomic E-state index is 0. The Bertz CT molecular complexity index is 1050. The van der Waals surface area contributed by atoms with Crippen molar-refractivity contribution in [1.82, 2.24) is 9.88 Å². The van der Waals surface area contributed by atoms with Gasteiger partial charge in [0.05, 0.1) is 23.3 Å². The van der Waals surface area contributed by atoms with Gasteiger partial charge in [0, 0.05) is 6.54 Å². The summed E-state index contributed by atoms with van der Waals surface area (Å²) < 4.78 is 6.28. The topological polar surface area (TPSA) is 45.7 Å². The highest BCUT2D eigenvalue weighted by Crippen LogP contribution is 2.39. The number of carbonyl (C=O) groups is 1. The summed E-state index contributed by atoms with van der Waals surface area (Å²) >= 11 is 7.84. The number of amides is 1. The first-order valence-corrected chi connectivity index (χ1v) is 11.1. The molecule has 3 aromatic rings. The van der Waals surface area contributed by atoms with Gasteiger partial charge in [-0.25, -0.2) is 4.98 Å². The summed E-state index contributed by atoms with van der Waals surface area (Å²) in [7, 11) is 5.68. The van der Waals surface area contributed by atoms with Crippen molar-refractivity contribution in [2.75, 3.05) is 39.2 Å². The predicted octanol–water partition coefficient (Wildman–Crippen LogP) is 5.52. The zero-order valence-electron chi connectivity index (χ0n) is 18.6. The Morgan fingerprint density at radius 3 is 2.58 bits per heavy atom. The second kappa shape index (κ2) is 11.1. The Kier molecular flexibility index (Phi) is 9.13. The summed E-state index contributed by atoms with van der Waals surface area (Å²) in [5.41, 5.74) is 4.02. The number of hydrogen-bond donors (Lipinski definition) is 0. The smallest absolute Gasteiger partial charge is 0.233 e. The average Bonchev–Trinajstić information content (AvgIpc) is 3.14. The van der Waals surface area contributed by atoms with Crippen molar-refractivity contribution < 1.29 is 9.53 Å². The molecule has 0 saturated carbocycles. The van der Waals surface area contributed by atoms with Crippen molar-refractivity contribution in [3.8, 4) is 5.75 Å². The Balaban J connectivity index is 0.00000341. The molecule has 0 atom stereocenters. The van der Waals surface area contributed by atoms with Crippen LogP contribution in [-0.4, -0.2) is 50.1 Å². The maximum atomic E-state index is 13.4. The van der Waals surface area contributed by atoms with Crippen LogP contribution in [0.2, 0.25) is 5.02 Å². The van der Waals surface area contributed by atoms with Gasteiger partial charge in [0.2, 0.25) is 5.91 Å². The van der Waals surface area contributed by atoms with Crippen molar-refractivity contribution >= 4 is 56.6 Å². The van der Waals surface area contributed by atoms with Crippen molar-refractivity contribution in [2.45, 2.75) is 26.7 Å². The van der Waals surface area contributed by atoms with Crippen molar-refractivity contribution in [1.29, 1.82) is 0 Å². The number of thiazole rings is 1. The lowest BCUT2D eigenvalue weighted by Crippen LogP contribution is -2.34. The number of methoxy groups -OCH3 is 1. The molecule has 8 heteroatoms. The number of aryl methyl sites for hydroxylation is 2. The van der Waals surface area contributed by atoms with E-state index in [1.54, 1.807) is 18.1 Å². The van der Waals surface area contributed by atoms with Crippen LogP contribution in [0, 0.1) is 13.8 Å². The van der Waals surface area contributed by atoms with Crippen LogP contribution in [0.25, 0.3) is 10.2 Å². The van der Waals surface area contributed by atoms with Gasteiger partial charge in [-0.1, -0.05) is 46.7 Å². The molecule has 0 aliphatic carbocycles. The van der Waals surface area contributed by atoms with E-state index in [2.05, 4.69) is 23.1 Å². The number of aromatic nitrogens is 1. The number of nitrogens with zero attached hydrogens (tertiary/aromatic N) is 3. The van der Waals surface area contributed by atoms with Gasteiger partial charge in [0.25, 0.3) is 0 Å². The molecule has 0 aliphatic rings. The van der Waals surface area contributed by atoms with Crippen LogP contribution < -0.4 is 9.64 Å². The highest BCUT2D eigenvalue weighted by Gasteiger charge is 2.22. The van der Waals surface area contributed by atoms with E-state index in [4.69, 9.17) is 21.3 Å². The standard InChI is InChI=1S/C23H28ClN3O2S.ClH/c1-15-7-8-16(2)17(13-15)14-20(28)27(12-6-11-26(3)4)23-25-21-19(29-5)10-9-18(24)22(21)30-23;/h7-10,13H,6,11-12,14H2,1-5H3;1H. The van der Waals surface area contributed by atoms with Crippen LogP contribution in [0.3, 0.4) is 0 Å². The van der Waals surface area contributed by atoms with Gasteiger partial charge in [-0.05, 0) is 64.2 Å². The summed E-state index contributed by atoms with van der Waals surface area (Å²) in [5, 5.41) is 1.27. The van der Waals surface area contributed by atoms with Crippen LogP contribution in [0.5, 0.6) is 5.75 Å². The van der Waals surface area contributed by atoms with E-state index >= 15 is 0 Å². The van der Waals surface area contributed by atoms with E-state index in [0.717, 1.165) is 34.4 Å². The first-order valence-electron chi connectivity index (χ1n) is 9.94. The monoisotopic (exact) mass is 481 g/mol. The highest BCUT2D eigenvalue weighted by atomic mass is 35.5. The number of rotatable bonds is 8. The molecule has 0 spiro atoms. The number of halogens is 2. The highest BCUT2D eigenvalue weighted by molar-refractivity contribution is 7.23. The lowest BCUT2D eigenvalue weighted by molar-refractivity contribution is -0.118. The molecular weight excluding hydrogens is 453 g/mol. The number of anilines is 1. The first-order chi connectivity index (χ1) is 14.3. The van der Waals surface area contributed by atoms with E-state index in [0.29, 0.717) is 34.4 Å². The fourth-order valence-electron chi connectivity index (χ4n) is 3.34. The summed E-state index contributed by atoms with van der Waals surface area (Å²) in [6.07, 6.45) is 1.20. The molecule has 0 unspecified atom stereocenters. The molecule has 1 amide bonds. The molecule has 0 N–H and O–H groups in total. The van der Waals surface area contributed by atoms with Crippen LogP contribution in [-0.2, 0) is 11.2 Å². The third-order valence-electron chi connectivity index (χ3n) is 5.03. The molecule has 0 aliphatic heterocycles. The third kappa shape index (κ3) is 6.10. The first kappa shape index (κ1) is 25.4. The Morgan fingerprint density at radius 1 is 1.16 bits per heavy atom. The van der Waals surface area contributed by atoms with Gasteiger partial charge in [-0.15, -0.1) is 12.4 Å². The van der Waals surface area contributed by atoms with Crippen LogP contribution in [0.15, 0.2) is 30.3 Å². The maximum absolute atomic E-state index is 13.4. The van der Waals surface area contributed by atoms with E-state index < -0.39 is 0 Å². The zero-order chi connectivity index (χ0) is 21.8. The molecule has 0 fully saturated rings. The minimum Gasteiger partial charge on any atom is -0.494 e. The van der Waals surface area contributed by atoms with Gasteiger partial charge in [0.1, 0.15) is 11.3 Å². The molecule has 2 aromatic carbocycles. The molecule has 0 saturated heterocycles. The quantitative estimate of drug-likeness (QED) is 0.424. The van der Waals surface area contributed by atoms with Crippen molar-refractivity contribution in [3.05, 3.63) is 52.0 Å². The van der Waals surface area contributed by atoms with Crippen LogP contribution in [0.1, 0.15) is 23.1 Å². The minimum absolute atomic E-state index is 0. The molecule has 31 heavy (non-hydrogen) atoms. The Hall–Kier alpha value is -1.86. The van der Waals surface area contributed by atoms with Crippen LogP contribution >= 0.6 is 35.3 Å². The summed E-state index contributed by atoms with van der Waals surface area (Å²) in [4.78, 5) is 22.0. The van der Waals surface area contributed by atoms with Crippen molar-refractivity contribution in [2.24, 2.45) is 0 Å². The molecule has 168 valence electrons. The number of carbonyl (C=O) groups excluding carboxylic acids is 1. The molecular formula is C23H29Cl2N3O2S. The molecule has 0 radical (unpaired) electrons. The summed E-state index contributed by atoms with van der Waals surface area (Å²) in [6, 6.07) is 9.83. The summed E-state index contributed by atoms with van der Waals surface area (Å²) in [6.45, 7) is 5.58. The van der Waals surface area contributed by atoms with E-state index in [1.807, 2.05) is 34.0 Å². The van der Waals surface area contributed by atoms with Crippen LogP contribution in [0.4, 0.5) is 5.13 Å². The number of ether oxygens (including phenoxy) is 1. The van der Waals surface area contributed by atoms with Gasteiger partial charge in [-0.3, -0.25) is 9.69 Å². The zero-order valence-corrected chi connectivity index (χ0v) is 21.0. The maximum Gasteiger partial charge on any atom is 0.233 e. The average molecular weight is 482 g/mol. The van der Waals surface area contributed by atoms with E-state index in [1.165, 1.54) is 11.3 Å². The molecule has 5 nitrogen and oxygen atoms in total. The fraction of sp³-hybridized carbons (Fsp3) is 0.391. The second-order valence-electron chi connectivity index (χ2n) is 7.73. The fourth-order valence-corrected chi connectivity index (χ4v) is 4.64. The van der Waals surface area contributed by atoms with Crippen molar-refractivity contribution in [3.63, 3.8) is 0 Å². The van der Waals surface area contributed by atoms with Gasteiger partial charge in [0.15, 0.2) is 5.13 Å². The second-order valence-corrected chi connectivity index (χ2v) is 9.12. The predicted molar refractivity (Wildman–Crippen MR) is 134 cm³/mol. The molecule has 1 heterocycles. The van der Waals surface area contributed by atoms with Gasteiger partial charge < -0.3 is 9.64 Å². The number of benzene rings is 2. The molecule has 3 rings (SSSR count). The number of fused-ring (bicyclic) bond motifs is 1. The molecule has 1 aromatic heterocycles. The summed E-state index contributed by atoms with van der Waals surface area (Å²) in [5.74, 6) is 0.698. The number of hydrogen-bond acceptors (Lipinski definition) is 5. The third-order valence-corrected chi connectivity index (χ3v) is 6.57. The lowest BCUT2D eigenvalue weighted by Gasteiger charge is -2.21. The van der Waals surface area contributed by atoms with E-state index in [9.17, 15) is 4.79 Å². The molecule has 0 bridgehead atoms. The normalized spacial score (nSPS) is 10.9. The lowest BCUT2D eigenvalue weighted by atomic mass is 10.0. The SMILES string of the molecule is COc1ccc(Cl)c2sc(N(CCCN(C)C)C(=O)Cc3cc(C)ccc3C)nc12.Cl. The van der Waals surface area contributed by atoms with Gasteiger partial charge >= 0.3 is 0 Å². The Morgan fingerprint density at radius 2 is 1.90 bits per heavy atom. The Labute approximate surface area is 199 Å². The largest absolute Gasteiger partial charge is 0.494 e. The van der Waals surface area contributed by atoms with E-state index in [-0.39, 0.29) is 18.3 Å².